The number of phenols is 1. The van der Waals surface area contributed by atoms with Crippen LogP contribution in [-0.2, 0) is 9.59 Å². The summed E-state index contributed by atoms with van der Waals surface area (Å²) < 4.78 is 0. The molecule has 0 aliphatic heterocycles. The molecule has 5 nitrogen and oxygen atoms in total. The summed E-state index contributed by atoms with van der Waals surface area (Å²) in [6.45, 7) is 0.313. The van der Waals surface area contributed by atoms with Gasteiger partial charge < -0.3 is 15.7 Å². The van der Waals surface area contributed by atoms with Crippen LogP contribution in [0.2, 0.25) is 0 Å². The molecule has 0 aliphatic carbocycles. The van der Waals surface area contributed by atoms with Crippen molar-refractivity contribution in [3.05, 3.63) is 24.3 Å². The van der Waals surface area contributed by atoms with E-state index in [0.29, 0.717) is 18.6 Å². The third kappa shape index (κ3) is 4.12. The van der Waals surface area contributed by atoms with Crippen LogP contribution in [-0.4, -0.2) is 24.0 Å². The van der Waals surface area contributed by atoms with Crippen molar-refractivity contribution < 1.29 is 14.7 Å². The van der Waals surface area contributed by atoms with Gasteiger partial charge in [0.15, 0.2) is 0 Å². The van der Waals surface area contributed by atoms with Gasteiger partial charge in [0.25, 0.3) is 0 Å². The van der Waals surface area contributed by atoms with E-state index >= 15 is 0 Å². The predicted octanol–water partition coefficient (Wildman–Crippen LogP) is 0.467. The van der Waals surface area contributed by atoms with E-state index in [2.05, 4.69) is 10.6 Å². The molecule has 0 saturated heterocycles. The van der Waals surface area contributed by atoms with Crippen LogP contribution >= 0.6 is 0 Å². The Hall–Kier alpha value is -2.04. The lowest BCUT2D eigenvalue weighted by atomic mass is 10.3. The number of hydrogen-bond donors (Lipinski definition) is 3. The molecule has 15 heavy (non-hydrogen) atoms. The number of aromatic hydroxyl groups is 1. The van der Waals surface area contributed by atoms with E-state index in [9.17, 15) is 9.59 Å². The highest BCUT2D eigenvalue weighted by Gasteiger charge is 2.01. The molecule has 0 atom stereocenters. The average Bonchev–Trinajstić information content (AvgIpc) is 2.22. The Labute approximate surface area is 87.1 Å². The summed E-state index contributed by atoms with van der Waals surface area (Å²) in [5.74, 6) is -0.0364. The average molecular weight is 208 g/mol. The summed E-state index contributed by atoms with van der Waals surface area (Å²) in [7, 11) is 0. The monoisotopic (exact) mass is 208 g/mol. The molecule has 1 aromatic rings. The first-order chi connectivity index (χ1) is 7.22. The van der Waals surface area contributed by atoms with E-state index in [1.54, 1.807) is 12.1 Å². The van der Waals surface area contributed by atoms with Crippen molar-refractivity contribution in [2.24, 2.45) is 0 Å². The minimum absolute atomic E-state index is 0.149. The molecule has 2 amide bonds. The molecular formula is C10H12N2O3. The van der Waals surface area contributed by atoms with E-state index in [0.717, 1.165) is 0 Å². The maximum Gasteiger partial charge on any atom is 0.226 e. The summed E-state index contributed by atoms with van der Waals surface area (Å²) in [6, 6.07) is 6.17. The largest absolute Gasteiger partial charge is 0.508 e. The number of hydrogen-bond acceptors (Lipinski definition) is 3. The molecule has 0 radical (unpaired) electrons. The van der Waals surface area contributed by atoms with Crippen LogP contribution in [0.15, 0.2) is 24.3 Å². The predicted molar refractivity (Wildman–Crippen MR) is 55.4 cm³/mol. The van der Waals surface area contributed by atoms with Gasteiger partial charge in [0.1, 0.15) is 5.75 Å². The number of carbonyl (C=O) groups is 2. The van der Waals surface area contributed by atoms with Crippen LogP contribution in [0.4, 0.5) is 5.69 Å². The van der Waals surface area contributed by atoms with Crippen LogP contribution < -0.4 is 10.6 Å². The van der Waals surface area contributed by atoms with E-state index in [4.69, 9.17) is 5.11 Å². The molecule has 0 fully saturated rings. The molecule has 80 valence electrons. The number of anilines is 1. The van der Waals surface area contributed by atoms with Gasteiger partial charge in [-0.05, 0) is 24.3 Å². The highest BCUT2D eigenvalue weighted by molar-refractivity contribution is 5.90. The maximum atomic E-state index is 11.2. The maximum absolute atomic E-state index is 11.2. The van der Waals surface area contributed by atoms with Crippen molar-refractivity contribution >= 4 is 18.0 Å². The van der Waals surface area contributed by atoms with Crippen molar-refractivity contribution in [1.29, 1.82) is 0 Å². The van der Waals surface area contributed by atoms with Gasteiger partial charge in [-0.3, -0.25) is 9.59 Å². The van der Waals surface area contributed by atoms with Crippen LogP contribution in [0.5, 0.6) is 5.75 Å². The molecule has 0 saturated carbocycles. The van der Waals surface area contributed by atoms with Gasteiger partial charge in [-0.15, -0.1) is 0 Å². The molecule has 0 aromatic heterocycles. The lowest BCUT2D eigenvalue weighted by Gasteiger charge is -2.04. The lowest BCUT2D eigenvalue weighted by molar-refractivity contribution is -0.116. The highest BCUT2D eigenvalue weighted by atomic mass is 16.3. The number of rotatable bonds is 5. The molecule has 0 unspecified atom stereocenters. The van der Waals surface area contributed by atoms with E-state index in [1.807, 2.05) is 0 Å². The van der Waals surface area contributed by atoms with E-state index < -0.39 is 0 Å². The molecule has 0 spiro atoms. The molecule has 0 aliphatic rings. The van der Waals surface area contributed by atoms with Crippen LogP contribution in [0.25, 0.3) is 0 Å². The number of nitrogens with one attached hydrogen (secondary N) is 2. The van der Waals surface area contributed by atoms with Crippen LogP contribution in [0.1, 0.15) is 6.42 Å². The quantitative estimate of drug-likeness (QED) is 0.374. The molecule has 1 aromatic carbocycles. The zero-order chi connectivity index (χ0) is 11.1. The molecule has 5 heteroatoms. The topological polar surface area (TPSA) is 78.4 Å². The fraction of sp³-hybridized carbons (Fsp3) is 0.200. The van der Waals surface area contributed by atoms with Gasteiger partial charge in [-0.25, -0.2) is 0 Å². The third-order valence-electron chi connectivity index (χ3n) is 1.73. The van der Waals surface area contributed by atoms with Crippen molar-refractivity contribution in [2.75, 3.05) is 11.9 Å². The Bertz CT molecular complexity index is 335. The van der Waals surface area contributed by atoms with Crippen molar-refractivity contribution in [1.82, 2.24) is 5.32 Å². The van der Waals surface area contributed by atoms with Gasteiger partial charge in [0.05, 0.1) is 0 Å². The number of benzene rings is 1. The number of amides is 2. The zero-order valence-electron chi connectivity index (χ0n) is 8.06. The fourth-order valence-corrected chi connectivity index (χ4v) is 1.01. The second-order valence-electron chi connectivity index (χ2n) is 2.92. The summed E-state index contributed by atoms with van der Waals surface area (Å²) in [5, 5.41) is 14.0. The van der Waals surface area contributed by atoms with Gasteiger partial charge in [0, 0.05) is 18.7 Å². The van der Waals surface area contributed by atoms with Gasteiger partial charge in [-0.2, -0.15) is 0 Å². The minimum Gasteiger partial charge on any atom is -0.508 e. The van der Waals surface area contributed by atoms with Gasteiger partial charge in [0.2, 0.25) is 12.3 Å². The Morgan fingerprint density at radius 3 is 2.60 bits per heavy atom. The highest BCUT2D eigenvalue weighted by Crippen LogP contribution is 2.13. The summed E-state index contributed by atoms with van der Waals surface area (Å²) in [6.07, 6.45) is 0.771. The van der Waals surface area contributed by atoms with E-state index in [-0.39, 0.29) is 18.1 Å². The Balaban J connectivity index is 2.37. The third-order valence-corrected chi connectivity index (χ3v) is 1.73. The second kappa shape index (κ2) is 5.64. The minimum atomic E-state index is -0.185. The number of carbonyl (C=O) groups excluding carboxylic acids is 2. The van der Waals surface area contributed by atoms with E-state index in [1.165, 1.54) is 12.1 Å². The Morgan fingerprint density at radius 2 is 2.00 bits per heavy atom. The molecule has 0 bridgehead atoms. The molecule has 0 heterocycles. The van der Waals surface area contributed by atoms with Gasteiger partial charge >= 0.3 is 0 Å². The standard InChI is InChI=1S/C10H12N2O3/c13-7-11-6-5-10(15)12-8-1-3-9(14)4-2-8/h1-4,7,14H,5-6H2,(H,11,13)(H,12,15). The summed E-state index contributed by atoms with van der Waals surface area (Å²) in [5.41, 5.74) is 0.615. The molecule has 1 rings (SSSR count). The second-order valence-corrected chi connectivity index (χ2v) is 2.92. The Kier molecular flexibility index (Phi) is 4.15. The van der Waals surface area contributed by atoms with Crippen molar-refractivity contribution in [3.8, 4) is 5.75 Å². The first-order valence-corrected chi connectivity index (χ1v) is 4.48. The summed E-state index contributed by atoms with van der Waals surface area (Å²) in [4.78, 5) is 21.2. The van der Waals surface area contributed by atoms with Crippen molar-refractivity contribution in [2.45, 2.75) is 6.42 Å². The Morgan fingerprint density at radius 1 is 1.33 bits per heavy atom. The lowest BCUT2D eigenvalue weighted by Crippen LogP contribution is -2.20. The van der Waals surface area contributed by atoms with Gasteiger partial charge in [-0.1, -0.05) is 0 Å². The zero-order valence-corrected chi connectivity index (χ0v) is 8.06. The van der Waals surface area contributed by atoms with Crippen molar-refractivity contribution in [3.63, 3.8) is 0 Å². The van der Waals surface area contributed by atoms with Crippen LogP contribution in [0, 0.1) is 0 Å². The normalized spacial score (nSPS) is 9.33. The number of phenolic OH excluding ortho intramolecular Hbond substituents is 1. The van der Waals surface area contributed by atoms with Crippen LogP contribution in [0.3, 0.4) is 0 Å². The first-order valence-electron chi connectivity index (χ1n) is 4.48. The smallest absolute Gasteiger partial charge is 0.226 e. The molecular weight excluding hydrogens is 196 g/mol. The summed E-state index contributed by atoms with van der Waals surface area (Å²) >= 11 is 0. The molecule has 3 N–H and O–H groups in total. The fourth-order valence-electron chi connectivity index (χ4n) is 1.01. The SMILES string of the molecule is O=CNCCC(=O)Nc1ccc(O)cc1. The first kappa shape index (κ1) is 11.0.